The SMILES string of the molecule is CCC(COC)(Nc1ccc(F)cc1)C(=O)OC. The number of halogens is 1. The third-order valence-corrected chi connectivity index (χ3v) is 2.80. The monoisotopic (exact) mass is 255 g/mol. The molecule has 0 radical (unpaired) electrons. The predicted molar refractivity (Wildman–Crippen MR) is 66.9 cm³/mol. The Kier molecular flexibility index (Phi) is 5.09. The standard InChI is InChI=1S/C13H18FNO3/c1-4-13(9-17-2,12(16)18-3)15-11-7-5-10(14)6-8-11/h5-8,15H,4,9H2,1-3H3. The first-order valence-electron chi connectivity index (χ1n) is 5.69. The summed E-state index contributed by atoms with van der Waals surface area (Å²) in [6.45, 7) is 2.03. The Morgan fingerprint density at radius 2 is 1.94 bits per heavy atom. The van der Waals surface area contributed by atoms with Crippen LogP contribution in [0.2, 0.25) is 0 Å². The third-order valence-electron chi connectivity index (χ3n) is 2.80. The van der Waals surface area contributed by atoms with Gasteiger partial charge < -0.3 is 14.8 Å². The molecule has 0 saturated heterocycles. The first-order chi connectivity index (χ1) is 8.57. The summed E-state index contributed by atoms with van der Waals surface area (Å²) in [5, 5.41) is 3.05. The second kappa shape index (κ2) is 6.35. The molecule has 0 bridgehead atoms. The van der Waals surface area contributed by atoms with Crippen molar-refractivity contribution in [2.75, 3.05) is 26.1 Å². The van der Waals surface area contributed by atoms with Crippen molar-refractivity contribution in [2.24, 2.45) is 0 Å². The number of carbonyl (C=O) groups is 1. The largest absolute Gasteiger partial charge is 0.467 e. The fourth-order valence-corrected chi connectivity index (χ4v) is 1.73. The summed E-state index contributed by atoms with van der Waals surface area (Å²) < 4.78 is 22.7. The zero-order valence-electron chi connectivity index (χ0n) is 10.8. The van der Waals surface area contributed by atoms with E-state index in [1.165, 1.54) is 26.4 Å². The predicted octanol–water partition coefficient (Wildman–Crippen LogP) is 2.21. The molecular formula is C13H18FNO3. The number of carbonyl (C=O) groups excluding carboxylic acids is 1. The van der Waals surface area contributed by atoms with Crippen LogP contribution in [0.15, 0.2) is 24.3 Å². The number of rotatable bonds is 6. The van der Waals surface area contributed by atoms with E-state index in [4.69, 9.17) is 9.47 Å². The Morgan fingerprint density at radius 1 is 1.33 bits per heavy atom. The summed E-state index contributed by atoms with van der Waals surface area (Å²) in [5.74, 6) is -0.733. The molecule has 0 aromatic heterocycles. The quantitative estimate of drug-likeness (QED) is 0.792. The summed E-state index contributed by atoms with van der Waals surface area (Å²) in [6, 6.07) is 5.79. The molecule has 1 aromatic rings. The minimum absolute atomic E-state index is 0.174. The van der Waals surface area contributed by atoms with Crippen molar-refractivity contribution in [3.05, 3.63) is 30.1 Å². The number of esters is 1. The third kappa shape index (κ3) is 3.20. The molecule has 18 heavy (non-hydrogen) atoms. The van der Waals surface area contributed by atoms with E-state index in [1.807, 2.05) is 6.92 Å². The van der Waals surface area contributed by atoms with E-state index in [1.54, 1.807) is 12.1 Å². The Hall–Kier alpha value is -1.62. The molecule has 0 aliphatic rings. The zero-order valence-corrected chi connectivity index (χ0v) is 10.8. The van der Waals surface area contributed by atoms with Gasteiger partial charge in [0.05, 0.1) is 13.7 Å². The van der Waals surface area contributed by atoms with E-state index in [2.05, 4.69) is 5.32 Å². The van der Waals surface area contributed by atoms with Crippen molar-refractivity contribution in [2.45, 2.75) is 18.9 Å². The first-order valence-corrected chi connectivity index (χ1v) is 5.69. The van der Waals surface area contributed by atoms with Crippen LogP contribution in [0.25, 0.3) is 0 Å². The molecule has 1 aromatic carbocycles. The molecule has 1 atom stereocenters. The molecule has 1 N–H and O–H groups in total. The van der Waals surface area contributed by atoms with Crippen LogP contribution >= 0.6 is 0 Å². The highest BCUT2D eigenvalue weighted by Crippen LogP contribution is 2.21. The van der Waals surface area contributed by atoms with Crippen molar-refractivity contribution >= 4 is 11.7 Å². The number of ether oxygens (including phenoxy) is 2. The van der Waals surface area contributed by atoms with Crippen molar-refractivity contribution in [1.29, 1.82) is 0 Å². The number of methoxy groups -OCH3 is 2. The Bertz CT molecular complexity index is 394. The lowest BCUT2D eigenvalue weighted by Crippen LogP contribution is -2.50. The van der Waals surface area contributed by atoms with Crippen molar-refractivity contribution < 1.29 is 18.7 Å². The van der Waals surface area contributed by atoms with Gasteiger partial charge in [0.2, 0.25) is 0 Å². The summed E-state index contributed by atoms with van der Waals surface area (Å²) in [7, 11) is 2.84. The van der Waals surface area contributed by atoms with E-state index < -0.39 is 11.5 Å². The van der Waals surface area contributed by atoms with Crippen LogP contribution in [0.3, 0.4) is 0 Å². The van der Waals surface area contributed by atoms with Crippen LogP contribution < -0.4 is 5.32 Å². The molecule has 0 amide bonds. The maximum Gasteiger partial charge on any atom is 0.333 e. The normalized spacial score (nSPS) is 13.8. The second-order valence-corrected chi connectivity index (χ2v) is 3.99. The highest BCUT2D eigenvalue weighted by atomic mass is 19.1. The fourth-order valence-electron chi connectivity index (χ4n) is 1.73. The minimum Gasteiger partial charge on any atom is -0.467 e. The molecular weight excluding hydrogens is 237 g/mol. The van der Waals surface area contributed by atoms with Gasteiger partial charge in [0.25, 0.3) is 0 Å². The van der Waals surface area contributed by atoms with Crippen LogP contribution in [0, 0.1) is 5.82 Å². The lowest BCUT2D eigenvalue weighted by Gasteiger charge is -2.31. The number of anilines is 1. The van der Waals surface area contributed by atoms with Crippen LogP contribution in [0.5, 0.6) is 0 Å². The summed E-state index contributed by atoms with van der Waals surface area (Å²) >= 11 is 0. The number of hydrogen-bond acceptors (Lipinski definition) is 4. The zero-order chi connectivity index (χ0) is 13.6. The molecule has 1 rings (SSSR count). The molecule has 5 heteroatoms. The average molecular weight is 255 g/mol. The number of nitrogens with one attached hydrogen (secondary N) is 1. The van der Waals surface area contributed by atoms with Gasteiger partial charge in [-0.3, -0.25) is 0 Å². The second-order valence-electron chi connectivity index (χ2n) is 3.99. The summed E-state index contributed by atoms with van der Waals surface area (Å²) in [4.78, 5) is 11.9. The van der Waals surface area contributed by atoms with Gasteiger partial charge in [-0.2, -0.15) is 0 Å². The maximum atomic E-state index is 12.8. The van der Waals surface area contributed by atoms with Crippen molar-refractivity contribution in [3.63, 3.8) is 0 Å². The Balaban J connectivity index is 2.96. The van der Waals surface area contributed by atoms with E-state index in [0.29, 0.717) is 12.1 Å². The molecule has 100 valence electrons. The van der Waals surface area contributed by atoms with E-state index >= 15 is 0 Å². The fraction of sp³-hybridized carbons (Fsp3) is 0.462. The molecule has 4 nitrogen and oxygen atoms in total. The van der Waals surface area contributed by atoms with Crippen LogP contribution in [0.4, 0.5) is 10.1 Å². The van der Waals surface area contributed by atoms with E-state index in [-0.39, 0.29) is 12.4 Å². The number of benzene rings is 1. The molecule has 1 unspecified atom stereocenters. The first kappa shape index (κ1) is 14.4. The Labute approximate surface area is 106 Å². The van der Waals surface area contributed by atoms with Gasteiger partial charge >= 0.3 is 5.97 Å². The van der Waals surface area contributed by atoms with Gasteiger partial charge in [0.1, 0.15) is 5.82 Å². The van der Waals surface area contributed by atoms with Gasteiger partial charge in [-0.05, 0) is 30.7 Å². The van der Waals surface area contributed by atoms with Gasteiger partial charge in [0, 0.05) is 12.8 Å². The Morgan fingerprint density at radius 3 is 2.39 bits per heavy atom. The van der Waals surface area contributed by atoms with Crippen LogP contribution in [0.1, 0.15) is 13.3 Å². The smallest absolute Gasteiger partial charge is 0.333 e. The van der Waals surface area contributed by atoms with Crippen LogP contribution in [-0.4, -0.2) is 32.3 Å². The molecule has 0 heterocycles. The molecule has 0 saturated carbocycles. The van der Waals surface area contributed by atoms with E-state index in [0.717, 1.165) is 0 Å². The van der Waals surface area contributed by atoms with E-state index in [9.17, 15) is 9.18 Å². The van der Waals surface area contributed by atoms with Gasteiger partial charge in [0.15, 0.2) is 5.54 Å². The summed E-state index contributed by atoms with van der Waals surface area (Å²) in [5.41, 5.74) is -0.317. The molecule has 0 aliphatic heterocycles. The lowest BCUT2D eigenvalue weighted by molar-refractivity contribution is -0.148. The summed E-state index contributed by atoms with van der Waals surface area (Å²) in [6.07, 6.45) is 0.491. The number of hydrogen-bond donors (Lipinski definition) is 1. The topological polar surface area (TPSA) is 47.6 Å². The van der Waals surface area contributed by atoms with Gasteiger partial charge in [-0.25, -0.2) is 9.18 Å². The lowest BCUT2D eigenvalue weighted by atomic mass is 9.96. The van der Waals surface area contributed by atoms with Crippen LogP contribution in [-0.2, 0) is 14.3 Å². The van der Waals surface area contributed by atoms with Crippen molar-refractivity contribution in [3.8, 4) is 0 Å². The highest BCUT2D eigenvalue weighted by Gasteiger charge is 2.38. The van der Waals surface area contributed by atoms with Gasteiger partial charge in [-0.15, -0.1) is 0 Å². The molecule has 0 aliphatic carbocycles. The highest BCUT2D eigenvalue weighted by molar-refractivity contribution is 5.84. The van der Waals surface area contributed by atoms with Crippen molar-refractivity contribution in [1.82, 2.24) is 0 Å². The minimum atomic E-state index is -0.957. The molecule has 0 spiro atoms. The molecule has 0 fully saturated rings. The maximum absolute atomic E-state index is 12.8. The average Bonchev–Trinajstić information content (AvgIpc) is 2.39. The van der Waals surface area contributed by atoms with Gasteiger partial charge in [-0.1, -0.05) is 6.92 Å².